The summed E-state index contributed by atoms with van der Waals surface area (Å²) in [4.78, 5) is 38.3. The van der Waals surface area contributed by atoms with Gasteiger partial charge in [-0.15, -0.1) is 0 Å². The number of nitrogens with zero attached hydrogens (tertiary/aromatic N) is 5. The lowest BCUT2D eigenvalue weighted by molar-refractivity contribution is -0.123. The number of anilines is 2. The van der Waals surface area contributed by atoms with Crippen molar-refractivity contribution in [1.29, 1.82) is 0 Å². The topological polar surface area (TPSA) is 61.2 Å². The van der Waals surface area contributed by atoms with Gasteiger partial charge in [0.25, 0.3) is 11.5 Å². The van der Waals surface area contributed by atoms with Crippen LogP contribution in [-0.4, -0.2) is 56.7 Å². The molecule has 0 N–H and O–H groups in total. The Morgan fingerprint density at radius 3 is 2.46 bits per heavy atom. The van der Waals surface area contributed by atoms with Crippen molar-refractivity contribution < 1.29 is 9.18 Å². The molecule has 0 aliphatic carbocycles. The molecule has 192 valence electrons. The van der Waals surface area contributed by atoms with Crippen molar-refractivity contribution in [3.63, 3.8) is 0 Å². The molecule has 0 saturated carbocycles. The van der Waals surface area contributed by atoms with E-state index in [4.69, 9.17) is 17.2 Å². The molecule has 3 aromatic rings. The first kappa shape index (κ1) is 25.4. The largest absolute Gasteiger partial charge is 0.368 e. The molecule has 2 aromatic heterocycles. The van der Waals surface area contributed by atoms with Crippen LogP contribution in [0.4, 0.5) is 15.9 Å². The molecule has 2 saturated heterocycles. The summed E-state index contributed by atoms with van der Waals surface area (Å²) < 4.78 is 15.4. The van der Waals surface area contributed by atoms with E-state index < -0.39 is 0 Å². The molecular weight excluding hydrogens is 509 g/mol. The number of aromatic nitrogens is 2. The molecular formula is C27H28FN5O2S2. The predicted octanol–water partition coefficient (Wildman–Crippen LogP) is 4.47. The third-order valence-electron chi connectivity index (χ3n) is 6.97. The molecule has 4 heterocycles. The summed E-state index contributed by atoms with van der Waals surface area (Å²) in [5.74, 6) is 0.124. The van der Waals surface area contributed by atoms with E-state index in [1.165, 1.54) is 28.3 Å². The smallest absolute Gasteiger partial charge is 0.267 e. The molecule has 0 bridgehead atoms. The molecule has 5 rings (SSSR count). The maximum absolute atomic E-state index is 13.7. The van der Waals surface area contributed by atoms with Crippen molar-refractivity contribution >= 4 is 57.4 Å². The summed E-state index contributed by atoms with van der Waals surface area (Å²) in [5.41, 5.74) is 2.59. The van der Waals surface area contributed by atoms with Gasteiger partial charge in [-0.3, -0.25) is 18.9 Å². The van der Waals surface area contributed by atoms with Crippen LogP contribution in [0.15, 0.2) is 52.3 Å². The molecule has 1 atom stereocenters. The fraction of sp³-hybridized carbons (Fsp3) is 0.333. The monoisotopic (exact) mass is 537 g/mol. The lowest BCUT2D eigenvalue weighted by Gasteiger charge is -2.37. The van der Waals surface area contributed by atoms with Gasteiger partial charge in [0.1, 0.15) is 21.6 Å². The van der Waals surface area contributed by atoms with Gasteiger partial charge in [-0.2, -0.15) is 0 Å². The molecule has 1 aromatic carbocycles. The van der Waals surface area contributed by atoms with E-state index in [-0.39, 0.29) is 23.3 Å². The Morgan fingerprint density at radius 2 is 1.78 bits per heavy atom. The third kappa shape index (κ3) is 4.75. The van der Waals surface area contributed by atoms with E-state index in [9.17, 15) is 14.0 Å². The molecule has 37 heavy (non-hydrogen) atoms. The molecule has 2 fully saturated rings. The maximum Gasteiger partial charge on any atom is 0.267 e. The predicted molar refractivity (Wildman–Crippen MR) is 152 cm³/mol. The SMILES string of the molecule is CCC(C)N1C(=O)C(=Cc2c(N3CCN(c4ccc(F)cc4)CC3)nc3c(C)cccn3c2=O)SC1=S. The number of piperazine rings is 1. The van der Waals surface area contributed by atoms with Gasteiger partial charge in [0.05, 0.1) is 10.5 Å². The summed E-state index contributed by atoms with van der Waals surface area (Å²) in [5, 5.41) is 0. The summed E-state index contributed by atoms with van der Waals surface area (Å²) in [6, 6.07) is 10.2. The number of pyridine rings is 1. The van der Waals surface area contributed by atoms with Gasteiger partial charge in [-0.05, 0) is 62.2 Å². The number of carbonyl (C=O) groups is 1. The van der Waals surface area contributed by atoms with Crippen LogP contribution in [0.5, 0.6) is 0 Å². The van der Waals surface area contributed by atoms with Crippen LogP contribution >= 0.6 is 24.0 Å². The number of halogens is 1. The van der Waals surface area contributed by atoms with Crippen LogP contribution in [0.2, 0.25) is 0 Å². The van der Waals surface area contributed by atoms with Crippen molar-refractivity contribution in [1.82, 2.24) is 14.3 Å². The highest BCUT2D eigenvalue weighted by Gasteiger charge is 2.35. The number of benzene rings is 1. The second-order valence-electron chi connectivity index (χ2n) is 9.30. The molecule has 2 aliphatic rings. The minimum atomic E-state index is -0.262. The number of hydrogen-bond donors (Lipinski definition) is 0. The number of thiocarbonyl (C=S) groups is 1. The number of thioether (sulfide) groups is 1. The summed E-state index contributed by atoms with van der Waals surface area (Å²) in [6.07, 6.45) is 4.14. The van der Waals surface area contributed by atoms with Gasteiger partial charge >= 0.3 is 0 Å². The van der Waals surface area contributed by atoms with Crippen molar-refractivity contribution in [2.24, 2.45) is 0 Å². The average molecular weight is 538 g/mol. The fourth-order valence-corrected chi connectivity index (χ4v) is 6.11. The van der Waals surface area contributed by atoms with Gasteiger partial charge in [-0.25, -0.2) is 9.37 Å². The van der Waals surface area contributed by atoms with Crippen LogP contribution < -0.4 is 15.4 Å². The lowest BCUT2D eigenvalue weighted by Crippen LogP contribution is -2.47. The first-order valence-corrected chi connectivity index (χ1v) is 13.6. The highest BCUT2D eigenvalue weighted by molar-refractivity contribution is 8.26. The third-order valence-corrected chi connectivity index (χ3v) is 8.30. The van der Waals surface area contributed by atoms with E-state index in [0.29, 0.717) is 52.4 Å². The zero-order valence-electron chi connectivity index (χ0n) is 21.0. The minimum Gasteiger partial charge on any atom is -0.368 e. The lowest BCUT2D eigenvalue weighted by atomic mass is 10.2. The Labute approximate surface area is 224 Å². The second-order valence-corrected chi connectivity index (χ2v) is 11.0. The number of rotatable bonds is 5. The molecule has 1 amide bonds. The highest BCUT2D eigenvalue weighted by Crippen LogP contribution is 2.35. The Morgan fingerprint density at radius 1 is 1.11 bits per heavy atom. The van der Waals surface area contributed by atoms with Crippen molar-refractivity contribution in [2.45, 2.75) is 33.2 Å². The number of aryl methyl sites for hydroxylation is 1. The fourth-order valence-electron chi connectivity index (χ4n) is 4.67. The van der Waals surface area contributed by atoms with Crippen LogP contribution in [0.3, 0.4) is 0 Å². The van der Waals surface area contributed by atoms with Gasteiger partial charge in [0, 0.05) is 44.1 Å². The van der Waals surface area contributed by atoms with Gasteiger partial charge in [0.15, 0.2) is 0 Å². The number of hydrogen-bond acceptors (Lipinski definition) is 7. The second kappa shape index (κ2) is 10.3. The quantitative estimate of drug-likeness (QED) is 0.352. The summed E-state index contributed by atoms with van der Waals surface area (Å²) in [7, 11) is 0. The standard InChI is InChI=1S/C27H28FN5O2S2/c1-4-18(3)33-26(35)22(37-27(33)36)16-21-24(29-23-17(2)6-5-11-32(23)25(21)34)31-14-12-30(13-15-31)20-9-7-19(28)8-10-20/h5-11,16,18H,4,12-15H2,1-3H3. The number of fused-ring (bicyclic) bond motifs is 1. The van der Waals surface area contributed by atoms with E-state index in [1.54, 1.807) is 29.3 Å². The Bertz CT molecular complexity index is 1460. The van der Waals surface area contributed by atoms with Crippen molar-refractivity contribution in [3.8, 4) is 0 Å². The van der Waals surface area contributed by atoms with E-state index in [0.717, 1.165) is 17.7 Å². The molecule has 2 aliphatic heterocycles. The Kier molecular flexibility index (Phi) is 7.04. The number of carbonyl (C=O) groups excluding carboxylic acids is 1. The zero-order chi connectivity index (χ0) is 26.3. The summed E-state index contributed by atoms with van der Waals surface area (Å²) >= 11 is 6.72. The van der Waals surface area contributed by atoms with E-state index in [2.05, 4.69) is 9.80 Å². The molecule has 0 radical (unpaired) electrons. The Hall–Kier alpha value is -3.24. The van der Waals surface area contributed by atoms with Gasteiger partial charge in [0.2, 0.25) is 0 Å². The molecule has 0 spiro atoms. The van der Waals surface area contributed by atoms with E-state index >= 15 is 0 Å². The van der Waals surface area contributed by atoms with Gasteiger partial charge in [-0.1, -0.05) is 37.0 Å². The molecule has 7 nitrogen and oxygen atoms in total. The van der Waals surface area contributed by atoms with E-state index in [1.807, 2.05) is 32.9 Å². The normalized spacial score (nSPS) is 18.4. The van der Waals surface area contributed by atoms with Crippen LogP contribution in [0, 0.1) is 12.7 Å². The highest BCUT2D eigenvalue weighted by atomic mass is 32.2. The first-order valence-electron chi connectivity index (χ1n) is 12.3. The summed E-state index contributed by atoms with van der Waals surface area (Å²) in [6.45, 7) is 8.54. The average Bonchev–Trinajstić information content (AvgIpc) is 3.18. The Balaban J connectivity index is 1.54. The minimum absolute atomic E-state index is 0.0177. The van der Waals surface area contributed by atoms with Gasteiger partial charge < -0.3 is 9.80 Å². The molecule has 1 unspecified atom stereocenters. The number of amides is 1. The van der Waals surface area contributed by atoms with Crippen LogP contribution in [0.25, 0.3) is 11.7 Å². The van der Waals surface area contributed by atoms with Crippen molar-refractivity contribution in [3.05, 3.63) is 74.8 Å². The first-order chi connectivity index (χ1) is 17.8. The molecule has 10 heteroatoms. The van der Waals surface area contributed by atoms with Crippen molar-refractivity contribution in [2.75, 3.05) is 36.0 Å². The van der Waals surface area contributed by atoms with Crippen LogP contribution in [0.1, 0.15) is 31.4 Å². The van der Waals surface area contributed by atoms with Crippen LogP contribution in [-0.2, 0) is 4.79 Å². The maximum atomic E-state index is 13.7. The zero-order valence-corrected chi connectivity index (χ0v) is 22.6.